The van der Waals surface area contributed by atoms with Crippen LogP contribution in [0.3, 0.4) is 0 Å². The number of ether oxygens (including phenoxy) is 1. The van der Waals surface area contributed by atoms with Crippen LogP contribution in [0.4, 0.5) is 27.8 Å². The van der Waals surface area contributed by atoms with Crippen LogP contribution in [0, 0.1) is 0 Å². The van der Waals surface area contributed by atoms with Crippen molar-refractivity contribution in [2.24, 2.45) is 0 Å². The molecule has 0 unspecified atom stereocenters. The molecule has 5 nitrogen and oxygen atoms in total. The highest BCUT2D eigenvalue weighted by atomic mass is 35.5. The molecule has 0 saturated heterocycles. The number of nitrogens with one attached hydrogen (secondary N) is 2. The molecule has 1 amide bonds. The fourth-order valence-electron chi connectivity index (χ4n) is 2.03. The molecule has 146 valence electrons. The molecule has 0 saturated carbocycles. The van der Waals surface area contributed by atoms with Gasteiger partial charge in [-0.25, -0.2) is 4.98 Å². The van der Waals surface area contributed by atoms with Gasteiger partial charge in [0, 0.05) is 19.3 Å². The van der Waals surface area contributed by atoms with E-state index in [2.05, 4.69) is 20.4 Å². The standard InChI is InChI=1S/C16H13ClF5N3O2/c17-11-7-9(16(20,21)22)8-25-13(11)23-5-6-24-14(26)10-3-1-2-4-12(10)27-15(18)19/h1-4,7-8,15H,5-6H2,(H,23,25)(H,24,26). The molecule has 27 heavy (non-hydrogen) atoms. The summed E-state index contributed by atoms with van der Waals surface area (Å²) in [6.07, 6.45) is -3.93. The van der Waals surface area contributed by atoms with E-state index in [4.69, 9.17) is 11.6 Å². The molecule has 11 heteroatoms. The van der Waals surface area contributed by atoms with Crippen molar-refractivity contribution in [3.8, 4) is 5.75 Å². The minimum Gasteiger partial charge on any atom is -0.434 e. The highest BCUT2D eigenvalue weighted by Crippen LogP contribution is 2.32. The Labute approximate surface area is 155 Å². The number of nitrogens with zero attached hydrogens (tertiary/aromatic N) is 1. The van der Waals surface area contributed by atoms with Gasteiger partial charge in [0.25, 0.3) is 5.91 Å². The van der Waals surface area contributed by atoms with E-state index in [-0.39, 0.29) is 35.2 Å². The van der Waals surface area contributed by atoms with Gasteiger partial charge in [-0.1, -0.05) is 23.7 Å². The minimum absolute atomic E-state index is 0.0142. The Morgan fingerprint density at radius 3 is 2.56 bits per heavy atom. The van der Waals surface area contributed by atoms with Gasteiger partial charge in [0.1, 0.15) is 11.6 Å². The molecule has 2 aromatic rings. The van der Waals surface area contributed by atoms with Gasteiger partial charge in [-0.2, -0.15) is 22.0 Å². The summed E-state index contributed by atoms with van der Waals surface area (Å²) >= 11 is 5.74. The van der Waals surface area contributed by atoms with E-state index in [1.165, 1.54) is 24.3 Å². The van der Waals surface area contributed by atoms with E-state index in [0.29, 0.717) is 6.20 Å². The summed E-state index contributed by atoms with van der Waals surface area (Å²) in [7, 11) is 0. The van der Waals surface area contributed by atoms with Crippen molar-refractivity contribution in [1.82, 2.24) is 10.3 Å². The van der Waals surface area contributed by atoms with E-state index < -0.39 is 24.3 Å². The third kappa shape index (κ3) is 5.95. The zero-order chi connectivity index (χ0) is 20.0. The first-order valence-corrected chi connectivity index (χ1v) is 7.85. The highest BCUT2D eigenvalue weighted by molar-refractivity contribution is 6.32. The maximum atomic E-state index is 12.5. The molecule has 2 N–H and O–H groups in total. The molecule has 1 aromatic carbocycles. The van der Waals surface area contributed by atoms with Gasteiger partial charge in [0.15, 0.2) is 0 Å². The van der Waals surface area contributed by atoms with E-state index in [1.54, 1.807) is 0 Å². The first-order chi connectivity index (χ1) is 12.7. The average molecular weight is 410 g/mol. The molecule has 1 heterocycles. The zero-order valence-electron chi connectivity index (χ0n) is 13.5. The summed E-state index contributed by atoms with van der Waals surface area (Å²) in [5.74, 6) is -0.912. The predicted molar refractivity (Wildman–Crippen MR) is 88.1 cm³/mol. The van der Waals surface area contributed by atoms with Crippen LogP contribution >= 0.6 is 11.6 Å². The number of amides is 1. The Hall–Kier alpha value is -2.62. The van der Waals surface area contributed by atoms with Crippen molar-refractivity contribution in [2.75, 3.05) is 18.4 Å². The van der Waals surface area contributed by atoms with Gasteiger partial charge >= 0.3 is 12.8 Å². The second-order valence-electron chi connectivity index (χ2n) is 5.11. The SMILES string of the molecule is O=C(NCCNc1ncc(C(F)(F)F)cc1Cl)c1ccccc1OC(F)F. The van der Waals surface area contributed by atoms with E-state index in [9.17, 15) is 26.7 Å². The highest BCUT2D eigenvalue weighted by Gasteiger charge is 2.31. The van der Waals surface area contributed by atoms with Crippen molar-refractivity contribution in [3.05, 3.63) is 52.7 Å². The van der Waals surface area contributed by atoms with Gasteiger partial charge in [0.05, 0.1) is 16.1 Å². The Morgan fingerprint density at radius 2 is 1.93 bits per heavy atom. The van der Waals surface area contributed by atoms with Gasteiger partial charge in [-0.15, -0.1) is 0 Å². The third-order valence-electron chi connectivity index (χ3n) is 3.22. The fraction of sp³-hybridized carbons (Fsp3) is 0.250. The van der Waals surface area contributed by atoms with E-state index in [0.717, 1.165) is 6.07 Å². The number of rotatable bonds is 7. The van der Waals surface area contributed by atoms with Crippen LogP contribution in [0.1, 0.15) is 15.9 Å². The van der Waals surface area contributed by atoms with Crippen molar-refractivity contribution >= 4 is 23.3 Å². The number of aromatic nitrogens is 1. The van der Waals surface area contributed by atoms with Crippen molar-refractivity contribution < 1.29 is 31.5 Å². The largest absolute Gasteiger partial charge is 0.434 e. The molecule has 0 atom stereocenters. The predicted octanol–water partition coefficient (Wildman–Crippen LogP) is 4.20. The first-order valence-electron chi connectivity index (χ1n) is 7.47. The lowest BCUT2D eigenvalue weighted by atomic mass is 10.2. The summed E-state index contributed by atoms with van der Waals surface area (Å²) in [5.41, 5.74) is -1.06. The molecule has 0 aliphatic carbocycles. The number of hydrogen-bond donors (Lipinski definition) is 2. The normalized spacial score (nSPS) is 11.4. The number of alkyl halides is 5. The maximum absolute atomic E-state index is 12.5. The molecule has 2 rings (SSSR count). The smallest absolute Gasteiger partial charge is 0.417 e. The zero-order valence-corrected chi connectivity index (χ0v) is 14.2. The third-order valence-corrected chi connectivity index (χ3v) is 3.51. The molecular weight excluding hydrogens is 397 g/mol. The lowest BCUT2D eigenvalue weighted by Crippen LogP contribution is -2.29. The fourth-order valence-corrected chi connectivity index (χ4v) is 2.26. The van der Waals surface area contributed by atoms with Gasteiger partial charge < -0.3 is 15.4 Å². The monoisotopic (exact) mass is 409 g/mol. The first kappa shape index (κ1) is 20.7. The number of carbonyl (C=O) groups excluding carboxylic acids is 1. The Bertz CT molecular complexity index is 802. The van der Waals surface area contributed by atoms with Crippen LogP contribution in [0.15, 0.2) is 36.5 Å². The van der Waals surface area contributed by atoms with E-state index >= 15 is 0 Å². The molecule has 1 aromatic heterocycles. The number of anilines is 1. The van der Waals surface area contributed by atoms with Gasteiger partial charge in [-0.3, -0.25) is 4.79 Å². The summed E-state index contributed by atoms with van der Waals surface area (Å²) in [4.78, 5) is 15.6. The number of para-hydroxylation sites is 1. The lowest BCUT2D eigenvalue weighted by molar-refractivity contribution is -0.137. The minimum atomic E-state index is -4.56. The van der Waals surface area contributed by atoms with Crippen LogP contribution in [-0.2, 0) is 6.18 Å². The van der Waals surface area contributed by atoms with Crippen LogP contribution in [0.2, 0.25) is 5.02 Å². The molecule has 0 fully saturated rings. The molecule has 0 aliphatic heterocycles. The number of pyridine rings is 1. The second kappa shape index (κ2) is 8.85. The number of benzene rings is 1. The summed E-state index contributed by atoms with van der Waals surface area (Å²) < 4.78 is 66.6. The van der Waals surface area contributed by atoms with Crippen LogP contribution in [0.5, 0.6) is 5.75 Å². The summed E-state index contributed by atoms with van der Waals surface area (Å²) in [6, 6.07) is 6.19. The Kier molecular flexibility index (Phi) is 6.78. The van der Waals surface area contributed by atoms with Crippen LogP contribution in [0.25, 0.3) is 0 Å². The van der Waals surface area contributed by atoms with Gasteiger partial charge in [-0.05, 0) is 18.2 Å². The van der Waals surface area contributed by atoms with Crippen molar-refractivity contribution in [1.29, 1.82) is 0 Å². The lowest BCUT2D eigenvalue weighted by Gasteiger charge is -2.12. The van der Waals surface area contributed by atoms with E-state index in [1.807, 2.05) is 0 Å². The Balaban J connectivity index is 1.90. The molecular formula is C16H13ClF5N3O2. The van der Waals surface area contributed by atoms with Gasteiger partial charge in [0.2, 0.25) is 0 Å². The molecule has 0 bridgehead atoms. The Morgan fingerprint density at radius 1 is 1.22 bits per heavy atom. The summed E-state index contributed by atoms with van der Waals surface area (Å²) in [5, 5.41) is 4.90. The maximum Gasteiger partial charge on any atom is 0.417 e. The van der Waals surface area contributed by atoms with Crippen LogP contribution in [-0.4, -0.2) is 30.6 Å². The number of carbonyl (C=O) groups is 1. The average Bonchev–Trinajstić information content (AvgIpc) is 2.58. The molecule has 0 aliphatic rings. The topological polar surface area (TPSA) is 63.2 Å². The summed E-state index contributed by atoms with van der Waals surface area (Å²) in [6.45, 7) is -2.96. The molecule has 0 radical (unpaired) electrons. The number of hydrogen-bond acceptors (Lipinski definition) is 4. The van der Waals surface area contributed by atoms with Crippen LogP contribution < -0.4 is 15.4 Å². The quantitative estimate of drug-likeness (QED) is 0.531. The second-order valence-corrected chi connectivity index (χ2v) is 5.52. The van der Waals surface area contributed by atoms with Crippen molar-refractivity contribution in [3.63, 3.8) is 0 Å². The number of halogens is 6. The van der Waals surface area contributed by atoms with Crippen molar-refractivity contribution in [2.45, 2.75) is 12.8 Å². The molecule has 0 spiro atoms.